The Morgan fingerprint density at radius 3 is 2.54 bits per heavy atom. The lowest BCUT2D eigenvalue weighted by atomic mass is 9.96. The van der Waals surface area contributed by atoms with E-state index in [-0.39, 0.29) is 12.5 Å². The number of hydrogen-bond donors (Lipinski definition) is 2. The van der Waals surface area contributed by atoms with Gasteiger partial charge in [-0.2, -0.15) is 5.26 Å². The van der Waals surface area contributed by atoms with Gasteiger partial charge in [0.1, 0.15) is 17.4 Å². The normalized spacial score (nSPS) is 14.1. The SMILES string of the molecule is CC(Oc1ccccc1C#N)C(=O)NCC(C)(O)c1ccccc1. The predicted molar refractivity (Wildman–Crippen MR) is 90.3 cm³/mol. The highest BCUT2D eigenvalue weighted by Gasteiger charge is 2.25. The number of aliphatic hydroxyl groups is 1. The summed E-state index contributed by atoms with van der Waals surface area (Å²) in [7, 11) is 0. The molecule has 2 unspecified atom stereocenters. The molecule has 0 bridgehead atoms. The van der Waals surface area contributed by atoms with E-state index in [4.69, 9.17) is 10.00 Å². The molecule has 2 aromatic carbocycles. The number of ether oxygens (including phenoxy) is 1. The molecule has 2 N–H and O–H groups in total. The number of rotatable bonds is 6. The third-order valence-electron chi connectivity index (χ3n) is 3.68. The molecule has 124 valence electrons. The fraction of sp³-hybridized carbons (Fsp3) is 0.263. The van der Waals surface area contributed by atoms with Crippen LogP contribution in [0.1, 0.15) is 25.0 Å². The molecule has 0 saturated heterocycles. The molecule has 0 heterocycles. The average molecular weight is 324 g/mol. The first-order valence-electron chi connectivity index (χ1n) is 7.65. The molecule has 5 heteroatoms. The molecular formula is C19H20N2O3. The summed E-state index contributed by atoms with van der Waals surface area (Å²) >= 11 is 0. The fourth-order valence-electron chi connectivity index (χ4n) is 2.21. The lowest BCUT2D eigenvalue weighted by molar-refractivity contribution is -0.128. The van der Waals surface area contributed by atoms with Crippen molar-refractivity contribution in [1.29, 1.82) is 5.26 Å². The van der Waals surface area contributed by atoms with Gasteiger partial charge in [-0.1, -0.05) is 42.5 Å². The summed E-state index contributed by atoms with van der Waals surface area (Å²) in [5.41, 5.74) is -0.0941. The predicted octanol–water partition coefficient (Wildman–Crippen LogP) is 2.35. The number of nitrogens with one attached hydrogen (secondary N) is 1. The van der Waals surface area contributed by atoms with Crippen LogP contribution in [-0.4, -0.2) is 23.7 Å². The van der Waals surface area contributed by atoms with Crippen LogP contribution in [0, 0.1) is 11.3 Å². The molecule has 0 fully saturated rings. The molecule has 5 nitrogen and oxygen atoms in total. The number of carbonyl (C=O) groups excluding carboxylic acids is 1. The number of nitriles is 1. The van der Waals surface area contributed by atoms with Crippen LogP contribution < -0.4 is 10.1 Å². The molecule has 0 aliphatic carbocycles. The highest BCUT2D eigenvalue weighted by molar-refractivity contribution is 5.80. The molecule has 0 aliphatic rings. The topological polar surface area (TPSA) is 82.3 Å². The largest absolute Gasteiger partial charge is 0.480 e. The Balaban J connectivity index is 1.96. The smallest absolute Gasteiger partial charge is 0.260 e. The van der Waals surface area contributed by atoms with Crippen molar-refractivity contribution in [3.05, 3.63) is 65.7 Å². The second-order valence-electron chi connectivity index (χ2n) is 5.73. The molecule has 1 amide bonds. The van der Waals surface area contributed by atoms with Crippen LogP contribution in [-0.2, 0) is 10.4 Å². The summed E-state index contributed by atoms with van der Waals surface area (Å²) in [5, 5.41) is 22.2. The fourth-order valence-corrected chi connectivity index (χ4v) is 2.21. The van der Waals surface area contributed by atoms with Gasteiger partial charge in [0, 0.05) is 0 Å². The summed E-state index contributed by atoms with van der Waals surface area (Å²) in [6.45, 7) is 3.29. The molecule has 2 rings (SSSR count). The summed E-state index contributed by atoms with van der Waals surface area (Å²) in [6.07, 6.45) is -0.786. The minimum absolute atomic E-state index is 0.0590. The molecule has 0 spiro atoms. The summed E-state index contributed by atoms with van der Waals surface area (Å²) < 4.78 is 5.55. The zero-order valence-electron chi connectivity index (χ0n) is 13.7. The third-order valence-corrected chi connectivity index (χ3v) is 3.68. The molecule has 0 aromatic heterocycles. The van der Waals surface area contributed by atoms with Gasteiger partial charge in [0.25, 0.3) is 5.91 Å². The van der Waals surface area contributed by atoms with E-state index in [0.717, 1.165) is 0 Å². The van der Waals surface area contributed by atoms with Gasteiger partial charge in [0.05, 0.1) is 12.1 Å². The molecule has 0 saturated carbocycles. The summed E-state index contributed by atoms with van der Waals surface area (Å²) in [6, 6.07) is 17.9. The van der Waals surface area contributed by atoms with E-state index in [1.54, 1.807) is 50.2 Å². The molecular weight excluding hydrogens is 304 g/mol. The van der Waals surface area contributed by atoms with Gasteiger partial charge in [0.15, 0.2) is 6.10 Å². The zero-order chi connectivity index (χ0) is 17.6. The van der Waals surface area contributed by atoms with Gasteiger partial charge in [-0.15, -0.1) is 0 Å². The maximum atomic E-state index is 12.2. The quantitative estimate of drug-likeness (QED) is 0.854. The maximum Gasteiger partial charge on any atom is 0.260 e. The van der Waals surface area contributed by atoms with E-state index in [1.165, 1.54) is 0 Å². The van der Waals surface area contributed by atoms with E-state index in [0.29, 0.717) is 16.9 Å². The Bertz CT molecular complexity index is 736. The maximum absolute atomic E-state index is 12.2. The highest BCUT2D eigenvalue weighted by atomic mass is 16.5. The van der Waals surface area contributed by atoms with Crippen molar-refractivity contribution >= 4 is 5.91 Å². The Labute approximate surface area is 141 Å². The second-order valence-corrected chi connectivity index (χ2v) is 5.73. The summed E-state index contributed by atoms with van der Waals surface area (Å²) in [4.78, 5) is 12.2. The molecule has 2 atom stereocenters. The summed E-state index contributed by atoms with van der Waals surface area (Å²) in [5.74, 6) is -0.00332. The van der Waals surface area contributed by atoms with Crippen molar-refractivity contribution in [2.24, 2.45) is 0 Å². The third kappa shape index (κ3) is 4.34. The van der Waals surface area contributed by atoms with Crippen LogP contribution in [0.15, 0.2) is 54.6 Å². The number of para-hydroxylation sites is 1. The molecule has 24 heavy (non-hydrogen) atoms. The van der Waals surface area contributed by atoms with E-state index in [2.05, 4.69) is 5.32 Å². The Morgan fingerprint density at radius 1 is 1.25 bits per heavy atom. The number of nitrogens with zero attached hydrogens (tertiary/aromatic N) is 1. The van der Waals surface area contributed by atoms with Gasteiger partial charge in [-0.25, -0.2) is 0 Å². The van der Waals surface area contributed by atoms with Gasteiger partial charge in [0.2, 0.25) is 0 Å². The van der Waals surface area contributed by atoms with Crippen LogP contribution in [0.3, 0.4) is 0 Å². The average Bonchev–Trinajstić information content (AvgIpc) is 2.61. The molecule has 0 radical (unpaired) electrons. The molecule has 2 aromatic rings. The van der Waals surface area contributed by atoms with Gasteiger partial charge in [-0.3, -0.25) is 4.79 Å². The number of carbonyl (C=O) groups is 1. The van der Waals surface area contributed by atoms with Crippen molar-refractivity contribution in [3.63, 3.8) is 0 Å². The van der Waals surface area contributed by atoms with E-state index in [9.17, 15) is 9.90 Å². The lowest BCUT2D eigenvalue weighted by Gasteiger charge is -2.25. The minimum Gasteiger partial charge on any atom is -0.480 e. The van der Waals surface area contributed by atoms with Crippen LogP contribution in [0.5, 0.6) is 5.75 Å². The van der Waals surface area contributed by atoms with Crippen molar-refractivity contribution in [1.82, 2.24) is 5.32 Å². The van der Waals surface area contributed by atoms with Crippen LogP contribution in [0.4, 0.5) is 0 Å². The van der Waals surface area contributed by atoms with Gasteiger partial charge < -0.3 is 15.2 Å². The van der Waals surface area contributed by atoms with Gasteiger partial charge in [-0.05, 0) is 31.5 Å². The highest BCUT2D eigenvalue weighted by Crippen LogP contribution is 2.20. The van der Waals surface area contributed by atoms with Gasteiger partial charge >= 0.3 is 0 Å². The monoisotopic (exact) mass is 324 g/mol. The first-order chi connectivity index (χ1) is 11.4. The zero-order valence-corrected chi connectivity index (χ0v) is 13.7. The first kappa shape index (κ1) is 17.5. The number of benzene rings is 2. The van der Waals surface area contributed by atoms with Crippen molar-refractivity contribution < 1.29 is 14.6 Å². The van der Waals surface area contributed by atoms with E-state index >= 15 is 0 Å². The van der Waals surface area contributed by atoms with E-state index < -0.39 is 11.7 Å². The second kappa shape index (κ2) is 7.62. The van der Waals surface area contributed by atoms with Crippen LogP contribution >= 0.6 is 0 Å². The van der Waals surface area contributed by atoms with E-state index in [1.807, 2.05) is 24.3 Å². The first-order valence-corrected chi connectivity index (χ1v) is 7.65. The lowest BCUT2D eigenvalue weighted by Crippen LogP contribution is -2.43. The Hall–Kier alpha value is -2.84. The van der Waals surface area contributed by atoms with Crippen molar-refractivity contribution in [3.8, 4) is 11.8 Å². The molecule has 0 aliphatic heterocycles. The number of hydrogen-bond acceptors (Lipinski definition) is 4. The Morgan fingerprint density at radius 2 is 1.88 bits per heavy atom. The Kier molecular flexibility index (Phi) is 5.56. The minimum atomic E-state index is -1.18. The number of amides is 1. The van der Waals surface area contributed by atoms with Crippen molar-refractivity contribution in [2.75, 3.05) is 6.54 Å². The standard InChI is InChI=1S/C19H20N2O3/c1-14(24-17-11-7-6-8-15(17)12-20)18(22)21-13-19(2,23)16-9-4-3-5-10-16/h3-11,14,23H,13H2,1-2H3,(H,21,22). The van der Waals surface area contributed by atoms with Crippen LogP contribution in [0.2, 0.25) is 0 Å². The van der Waals surface area contributed by atoms with Crippen molar-refractivity contribution in [2.45, 2.75) is 25.6 Å². The van der Waals surface area contributed by atoms with Crippen LogP contribution in [0.25, 0.3) is 0 Å².